The summed E-state index contributed by atoms with van der Waals surface area (Å²) in [5, 5.41) is 3.30. The van der Waals surface area contributed by atoms with Gasteiger partial charge in [-0.3, -0.25) is 0 Å². The topological polar surface area (TPSA) is 56.3 Å². The minimum Gasteiger partial charge on any atom is -0.454 e. The van der Waals surface area contributed by atoms with Gasteiger partial charge in [-0.25, -0.2) is 9.97 Å². The fraction of sp³-hybridized carbons (Fsp3) is 0.333. The van der Waals surface area contributed by atoms with Crippen LogP contribution in [0.4, 0.5) is 5.82 Å². The normalized spacial score (nSPS) is 12.5. The molecule has 5 nitrogen and oxygen atoms in total. The smallest absolute Gasteiger partial charge is 0.231 e. The molecule has 1 aliphatic heterocycles. The number of nitrogens with one attached hydrogen (secondary N) is 1. The average Bonchev–Trinajstić information content (AvgIpc) is 2.97. The molecule has 1 aliphatic rings. The highest BCUT2D eigenvalue weighted by Crippen LogP contribution is 2.35. The molecule has 1 aromatic carbocycles. The van der Waals surface area contributed by atoms with Crippen LogP contribution in [0, 0.1) is 3.57 Å². The summed E-state index contributed by atoms with van der Waals surface area (Å²) in [5.41, 5.74) is 1.98. The van der Waals surface area contributed by atoms with Crippen LogP contribution in [-0.4, -0.2) is 23.3 Å². The van der Waals surface area contributed by atoms with E-state index in [0.29, 0.717) is 5.82 Å². The third-order valence-electron chi connectivity index (χ3n) is 3.23. The van der Waals surface area contributed by atoms with Crippen LogP contribution < -0.4 is 14.8 Å². The lowest BCUT2D eigenvalue weighted by atomic mass is 10.2. The van der Waals surface area contributed by atoms with Gasteiger partial charge in [0, 0.05) is 12.1 Å². The van der Waals surface area contributed by atoms with Crippen LogP contribution >= 0.6 is 22.6 Å². The van der Waals surface area contributed by atoms with Crippen molar-refractivity contribution in [3.05, 3.63) is 27.5 Å². The number of rotatable bonds is 4. The maximum absolute atomic E-state index is 5.42. The Labute approximate surface area is 137 Å². The first kappa shape index (κ1) is 14.4. The maximum Gasteiger partial charge on any atom is 0.231 e. The van der Waals surface area contributed by atoms with Crippen molar-refractivity contribution < 1.29 is 9.47 Å². The maximum atomic E-state index is 5.42. The lowest BCUT2D eigenvalue weighted by molar-refractivity contribution is 0.174. The predicted octanol–water partition coefficient (Wildman–Crippen LogP) is 3.47. The van der Waals surface area contributed by atoms with Crippen LogP contribution in [0.15, 0.2) is 18.2 Å². The van der Waals surface area contributed by atoms with E-state index in [-0.39, 0.29) is 6.79 Å². The van der Waals surface area contributed by atoms with Crippen LogP contribution in [0.25, 0.3) is 11.4 Å². The Hall–Kier alpha value is -1.57. The Morgan fingerprint density at radius 3 is 2.76 bits per heavy atom. The van der Waals surface area contributed by atoms with Gasteiger partial charge < -0.3 is 14.8 Å². The molecule has 0 unspecified atom stereocenters. The number of hydrogen-bond acceptors (Lipinski definition) is 5. The molecule has 2 heterocycles. The molecule has 0 radical (unpaired) electrons. The van der Waals surface area contributed by atoms with Gasteiger partial charge in [0.05, 0.1) is 9.26 Å². The van der Waals surface area contributed by atoms with E-state index in [2.05, 4.69) is 51.7 Å². The van der Waals surface area contributed by atoms with Gasteiger partial charge in [-0.05, 0) is 54.1 Å². The monoisotopic (exact) mass is 397 g/mol. The SMILES string of the molecule is CCNc1nc(-c2ccc3c(c2)OCO3)nc(CC)c1I. The van der Waals surface area contributed by atoms with Gasteiger partial charge in [-0.1, -0.05) is 6.92 Å². The van der Waals surface area contributed by atoms with Crippen molar-refractivity contribution in [2.24, 2.45) is 0 Å². The largest absolute Gasteiger partial charge is 0.454 e. The van der Waals surface area contributed by atoms with E-state index in [4.69, 9.17) is 9.47 Å². The van der Waals surface area contributed by atoms with Crippen molar-refractivity contribution in [1.29, 1.82) is 0 Å². The molecule has 0 atom stereocenters. The van der Waals surface area contributed by atoms with E-state index in [1.165, 1.54) is 0 Å². The van der Waals surface area contributed by atoms with Crippen molar-refractivity contribution in [2.75, 3.05) is 18.7 Å². The number of aromatic nitrogens is 2. The van der Waals surface area contributed by atoms with E-state index in [1.807, 2.05) is 18.2 Å². The summed E-state index contributed by atoms with van der Waals surface area (Å²) >= 11 is 2.30. The zero-order valence-electron chi connectivity index (χ0n) is 11.9. The van der Waals surface area contributed by atoms with E-state index >= 15 is 0 Å². The van der Waals surface area contributed by atoms with Crippen LogP contribution in [0.2, 0.25) is 0 Å². The first-order valence-corrected chi connectivity index (χ1v) is 8.01. The van der Waals surface area contributed by atoms with Gasteiger partial charge in [0.1, 0.15) is 5.82 Å². The van der Waals surface area contributed by atoms with E-state index in [0.717, 1.165) is 45.1 Å². The molecule has 2 aromatic rings. The number of aryl methyl sites for hydroxylation is 1. The number of halogens is 1. The Morgan fingerprint density at radius 1 is 1.19 bits per heavy atom. The fourth-order valence-corrected chi connectivity index (χ4v) is 2.99. The molecule has 1 N–H and O–H groups in total. The van der Waals surface area contributed by atoms with Crippen molar-refractivity contribution in [2.45, 2.75) is 20.3 Å². The third kappa shape index (κ3) is 2.76. The molecule has 0 spiro atoms. The standard InChI is InChI=1S/C15H16IN3O2/c1-3-10-13(16)15(17-4-2)19-14(18-10)9-5-6-11-12(7-9)21-8-20-11/h5-7H,3-4,8H2,1-2H3,(H,17,18,19). The fourth-order valence-electron chi connectivity index (χ4n) is 2.18. The molecule has 0 saturated heterocycles. The highest BCUT2D eigenvalue weighted by molar-refractivity contribution is 14.1. The summed E-state index contributed by atoms with van der Waals surface area (Å²) < 4.78 is 11.8. The molecule has 6 heteroatoms. The lowest BCUT2D eigenvalue weighted by Crippen LogP contribution is -2.07. The molecular formula is C15H16IN3O2. The van der Waals surface area contributed by atoms with Crippen molar-refractivity contribution in [3.63, 3.8) is 0 Å². The average molecular weight is 397 g/mol. The summed E-state index contributed by atoms with van der Waals surface area (Å²) in [4.78, 5) is 9.31. The predicted molar refractivity (Wildman–Crippen MR) is 89.8 cm³/mol. The molecule has 0 fully saturated rings. The number of hydrogen-bond donors (Lipinski definition) is 1. The van der Waals surface area contributed by atoms with Gasteiger partial charge in [0.15, 0.2) is 17.3 Å². The summed E-state index contributed by atoms with van der Waals surface area (Å²) in [6, 6.07) is 5.79. The van der Waals surface area contributed by atoms with E-state index in [9.17, 15) is 0 Å². The van der Waals surface area contributed by atoms with Crippen molar-refractivity contribution in [3.8, 4) is 22.9 Å². The second-order valence-electron chi connectivity index (χ2n) is 4.61. The number of anilines is 1. The molecule has 0 saturated carbocycles. The molecule has 0 amide bonds. The van der Waals surface area contributed by atoms with Crippen LogP contribution in [0.5, 0.6) is 11.5 Å². The van der Waals surface area contributed by atoms with Crippen LogP contribution in [0.1, 0.15) is 19.5 Å². The molecule has 0 aliphatic carbocycles. The van der Waals surface area contributed by atoms with Gasteiger partial charge in [0.25, 0.3) is 0 Å². The summed E-state index contributed by atoms with van der Waals surface area (Å²) in [5.74, 6) is 3.11. The number of ether oxygens (including phenoxy) is 2. The molecule has 21 heavy (non-hydrogen) atoms. The van der Waals surface area contributed by atoms with Gasteiger partial charge in [-0.15, -0.1) is 0 Å². The number of benzene rings is 1. The summed E-state index contributed by atoms with van der Waals surface area (Å²) in [6.07, 6.45) is 0.872. The minimum absolute atomic E-state index is 0.273. The second kappa shape index (κ2) is 6.05. The van der Waals surface area contributed by atoms with Gasteiger partial charge in [0.2, 0.25) is 6.79 Å². The van der Waals surface area contributed by atoms with E-state index < -0.39 is 0 Å². The Balaban J connectivity index is 2.07. The third-order valence-corrected chi connectivity index (χ3v) is 4.36. The van der Waals surface area contributed by atoms with Crippen LogP contribution in [-0.2, 0) is 6.42 Å². The molecule has 0 bridgehead atoms. The Bertz CT molecular complexity index is 676. The minimum atomic E-state index is 0.273. The molecular weight excluding hydrogens is 381 g/mol. The van der Waals surface area contributed by atoms with Gasteiger partial charge in [-0.2, -0.15) is 0 Å². The zero-order valence-corrected chi connectivity index (χ0v) is 14.1. The number of nitrogens with zero attached hydrogens (tertiary/aromatic N) is 2. The molecule has 1 aromatic heterocycles. The van der Waals surface area contributed by atoms with Crippen molar-refractivity contribution in [1.82, 2.24) is 9.97 Å². The first-order valence-electron chi connectivity index (χ1n) is 6.93. The lowest BCUT2D eigenvalue weighted by Gasteiger charge is -2.11. The Morgan fingerprint density at radius 2 is 2.00 bits per heavy atom. The highest BCUT2D eigenvalue weighted by Gasteiger charge is 2.17. The highest BCUT2D eigenvalue weighted by atomic mass is 127. The van der Waals surface area contributed by atoms with Crippen molar-refractivity contribution >= 4 is 28.4 Å². The van der Waals surface area contributed by atoms with Gasteiger partial charge >= 0.3 is 0 Å². The molecule has 110 valence electrons. The summed E-state index contributed by atoms with van der Waals surface area (Å²) in [7, 11) is 0. The van der Waals surface area contributed by atoms with E-state index in [1.54, 1.807) is 0 Å². The summed E-state index contributed by atoms with van der Waals surface area (Å²) in [6.45, 7) is 5.26. The quantitative estimate of drug-likeness (QED) is 0.801. The first-order chi connectivity index (χ1) is 10.2. The second-order valence-corrected chi connectivity index (χ2v) is 5.69. The number of fused-ring (bicyclic) bond motifs is 1. The van der Waals surface area contributed by atoms with Crippen LogP contribution in [0.3, 0.4) is 0 Å². The molecule has 3 rings (SSSR count). The Kier molecular flexibility index (Phi) is 4.14. The zero-order chi connectivity index (χ0) is 14.8.